The van der Waals surface area contributed by atoms with E-state index in [9.17, 15) is 4.79 Å². The second-order valence-corrected chi connectivity index (χ2v) is 7.79. The van der Waals surface area contributed by atoms with E-state index in [-0.39, 0.29) is 5.56 Å². The molecule has 0 saturated carbocycles. The Labute approximate surface area is 133 Å². The molecular formula is C16H18N2OS2. The van der Waals surface area contributed by atoms with E-state index in [1.807, 2.05) is 22.8 Å². The van der Waals surface area contributed by atoms with Gasteiger partial charge >= 0.3 is 0 Å². The lowest BCUT2D eigenvalue weighted by Gasteiger charge is -2.13. The van der Waals surface area contributed by atoms with Crippen molar-refractivity contribution in [2.75, 3.05) is 5.75 Å². The molecule has 5 heteroatoms. The van der Waals surface area contributed by atoms with Crippen molar-refractivity contribution in [3.05, 3.63) is 51.9 Å². The van der Waals surface area contributed by atoms with E-state index in [0.29, 0.717) is 11.8 Å². The maximum Gasteiger partial charge on any atom is 0.268 e. The minimum absolute atomic E-state index is 0.120. The van der Waals surface area contributed by atoms with Crippen LogP contribution in [0.3, 0.4) is 0 Å². The van der Waals surface area contributed by atoms with Gasteiger partial charge in [-0.25, -0.2) is 4.98 Å². The molecule has 3 nitrogen and oxygen atoms in total. The summed E-state index contributed by atoms with van der Waals surface area (Å²) < 4.78 is 1.83. The molecular weight excluding hydrogens is 300 g/mol. The zero-order chi connectivity index (χ0) is 14.8. The number of nitrogens with zero attached hydrogens (tertiary/aromatic N) is 2. The summed E-state index contributed by atoms with van der Waals surface area (Å²) in [7, 11) is 0. The van der Waals surface area contributed by atoms with Crippen molar-refractivity contribution < 1.29 is 0 Å². The van der Waals surface area contributed by atoms with E-state index in [1.54, 1.807) is 23.5 Å². The molecule has 1 aromatic heterocycles. The number of hydrogen-bond donors (Lipinski definition) is 0. The van der Waals surface area contributed by atoms with E-state index >= 15 is 0 Å². The van der Waals surface area contributed by atoms with Crippen molar-refractivity contribution in [1.82, 2.24) is 9.55 Å². The summed E-state index contributed by atoms with van der Waals surface area (Å²) in [5.74, 6) is 0.919. The van der Waals surface area contributed by atoms with Gasteiger partial charge in [-0.2, -0.15) is 0 Å². The summed E-state index contributed by atoms with van der Waals surface area (Å²) in [6.45, 7) is 4.84. The smallest absolute Gasteiger partial charge is 0.268 e. The van der Waals surface area contributed by atoms with Gasteiger partial charge in [-0.15, -0.1) is 11.8 Å². The zero-order valence-corrected chi connectivity index (χ0v) is 13.8. The molecule has 0 aliphatic carbocycles. The van der Waals surface area contributed by atoms with Crippen LogP contribution in [0.5, 0.6) is 0 Å². The van der Waals surface area contributed by atoms with Crippen molar-refractivity contribution >= 4 is 23.5 Å². The van der Waals surface area contributed by atoms with Crippen LogP contribution in [0.25, 0.3) is 0 Å². The van der Waals surface area contributed by atoms with Crippen LogP contribution < -0.4 is 5.56 Å². The molecule has 0 spiro atoms. The molecule has 3 rings (SSSR count). The highest BCUT2D eigenvalue weighted by molar-refractivity contribution is 8.00. The second kappa shape index (κ2) is 6.28. The highest BCUT2D eigenvalue weighted by Crippen LogP contribution is 2.34. The molecule has 0 fully saturated rings. The minimum atomic E-state index is 0.120. The Hall–Kier alpha value is -1.20. The quantitative estimate of drug-likeness (QED) is 0.639. The molecule has 0 amide bonds. The Bertz CT molecular complexity index is 697. The van der Waals surface area contributed by atoms with Crippen LogP contribution in [0.15, 0.2) is 45.2 Å². The SMILES string of the molecule is CCSc1nc2c(c(=O)n1Cc1ccccc1)S[C@@H](C)C2. The zero-order valence-electron chi connectivity index (χ0n) is 12.2. The third kappa shape index (κ3) is 3.04. The average molecular weight is 318 g/mol. The fourth-order valence-electron chi connectivity index (χ4n) is 2.48. The van der Waals surface area contributed by atoms with Crippen LogP contribution in [0, 0.1) is 0 Å². The first-order chi connectivity index (χ1) is 10.2. The Balaban J connectivity index is 2.06. The van der Waals surface area contributed by atoms with Crippen molar-refractivity contribution in [3.8, 4) is 0 Å². The molecule has 0 unspecified atom stereocenters. The minimum Gasteiger partial charge on any atom is -0.282 e. The van der Waals surface area contributed by atoms with Crippen LogP contribution in [0.1, 0.15) is 25.1 Å². The van der Waals surface area contributed by atoms with Gasteiger partial charge in [0.1, 0.15) is 0 Å². The largest absolute Gasteiger partial charge is 0.282 e. The summed E-state index contributed by atoms with van der Waals surface area (Å²) in [6, 6.07) is 10.1. The molecule has 110 valence electrons. The average Bonchev–Trinajstić information content (AvgIpc) is 2.85. The van der Waals surface area contributed by atoms with Gasteiger partial charge in [0, 0.05) is 11.7 Å². The number of fused-ring (bicyclic) bond motifs is 1. The standard InChI is InChI=1S/C16H18N2OS2/c1-3-20-16-17-13-9-11(2)21-14(13)15(19)18(16)10-12-7-5-4-6-8-12/h4-8,11H,3,9-10H2,1-2H3/t11-/m0/s1. The monoisotopic (exact) mass is 318 g/mol. The van der Waals surface area contributed by atoms with Gasteiger partial charge in [0.05, 0.1) is 17.1 Å². The van der Waals surface area contributed by atoms with Crippen LogP contribution in [-0.4, -0.2) is 20.6 Å². The highest BCUT2D eigenvalue weighted by atomic mass is 32.2. The van der Waals surface area contributed by atoms with Crippen LogP contribution in [0.2, 0.25) is 0 Å². The van der Waals surface area contributed by atoms with Gasteiger partial charge in [-0.3, -0.25) is 9.36 Å². The van der Waals surface area contributed by atoms with E-state index < -0.39 is 0 Å². The van der Waals surface area contributed by atoms with Gasteiger partial charge in [0.15, 0.2) is 5.16 Å². The van der Waals surface area contributed by atoms with Crippen molar-refractivity contribution in [1.29, 1.82) is 0 Å². The van der Waals surface area contributed by atoms with E-state index in [4.69, 9.17) is 4.98 Å². The van der Waals surface area contributed by atoms with Gasteiger partial charge in [0.2, 0.25) is 0 Å². The first-order valence-electron chi connectivity index (χ1n) is 7.16. The maximum atomic E-state index is 12.8. The number of aromatic nitrogens is 2. The first kappa shape index (κ1) is 14.7. The van der Waals surface area contributed by atoms with Crippen molar-refractivity contribution in [3.63, 3.8) is 0 Å². The van der Waals surface area contributed by atoms with Gasteiger partial charge < -0.3 is 0 Å². The fourth-order valence-corrected chi connectivity index (χ4v) is 4.33. The molecule has 1 aliphatic rings. The maximum absolute atomic E-state index is 12.8. The van der Waals surface area contributed by atoms with Gasteiger partial charge in [-0.05, 0) is 11.3 Å². The first-order valence-corrected chi connectivity index (χ1v) is 9.02. The highest BCUT2D eigenvalue weighted by Gasteiger charge is 2.26. The normalized spacial score (nSPS) is 17.0. The molecule has 0 saturated heterocycles. The number of thioether (sulfide) groups is 2. The molecule has 2 aromatic rings. The Morgan fingerprint density at radius 3 is 2.86 bits per heavy atom. The lowest BCUT2D eigenvalue weighted by Crippen LogP contribution is -2.25. The predicted molar refractivity (Wildman–Crippen MR) is 89.5 cm³/mol. The van der Waals surface area contributed by atoms with E-state index in [1.165, 1.54) is 0 Å². The summed E-state index contributed by atoms with van der Waals surface area (Å²) in [6.07, 6.45) is 0.901. The van der Waals surface area contributed by atoms with Crippen LogP contribution in [-0.2, 0) is 13.0 Å². The molecule has 2 heterocycles. The second-order valence-electron chi connectivity index (χ2n) is 5.11. The summed E-state index contributed by atoms with van der Waals surface area (Å²) in [4.78, 5) is 18.4. The Morgan fingerprint density at radius 2 is 2.14 bits per heavy atom. The number of benzene rings is 1. The molecule has 1 aliphatic heterocycles. The van der Waals surface area contributed by atoms with Gasteiger partial charge in [0.25, 0.3) is 5.56 Å². The third-order valence-electron chi connectivity index (χ3n) is 3.42. The topological polar surface area (TPSA) is 34.9 Å². The summed E-state index contributed by atoms with van der Waals surface area (Å²) >= 11 is 3.31. The molecule has 1 atom stereocenters. The molecule has 0 bridgehead atoms. The Kier molecular flexibility index (Phi) is 4.40. The van der Waals surface area contributed by atoms with E-state index in [2.05, 4.69) is 26.0 Å². The predicted octanol–water partition coefficient (Wildman–Crippen LogP) is 3.44. The third-order valence-corrected chi connectivity index (χ3v) is 5.49. The van der Waals surface area contributed by atoms with Crippen LogP contribution >= 0.6 is 23.5 Å². The van der Waals surface area contributed by atoms with Crippen LogP contribution in [0.4, 0.5) is 0 Å². The number of hydrogen-bond acceptors (Lipinski definition) is 4. The molecule has 21 heavy (non-hydrogen) atoms. The summed E-state index contributed by atoms with van der Waals surface area (Å²) in [5.41, 5.74) is 2.24. The number of rotatable bonds is 4. The Morgan fingerprint density at radius 1 is 1.38 bits per heavy atom. The van der Waals surface area contributed by atoms with Gasteiger partial charge in [-0.1, -0.05) is 55.9 Å². The summed E-state index contributed by atoms with van der Waals surface area (Å²) in [5, 5.41) is 1.30. The fraction of sp³-hybridized carbons (Fsp3) is 0.375. The molecule has 0 N–H and O–H groups in total. The van der Waals surface area contributed by atoms with Crippen molar-refractivity contribution in [2.24, 2.45) is 0 Å². The molecule has 0 radical (unpaired) electrons. The van der Waals surface area contributed by atoms with Crippen molar-refractivity contribution in [2.45, 2.75) is 42.1 Å². The van der Waals surface area contributed by atoms with E-state index in [0.717, 1.165) is 33.5 Å². The molecule has 1 aromatic carbocycles. The lowest BCUT2D eigenvalue weighted by molar-refractivity contribution is 0.614. The lowest BCUT2D eigenvalue weighted by atomic mass is 10.2.